The molecular weight excluding hydrogens is 462 g/mol. The fourth-order valence-corrected chi connectivity index (χ4v) is 5.59. The van der Waals surface area contributed by atoms with Crippen LogP contribution in [-0.4, -0.2) is 48.2 Å². The van der Waals surface area contributed by atoms with E-state index in [-0.39, 0.29) is 16.7 Å². The molecule has 0 aliphatic rings. The number of carboxylic acids is 3. The molecule has 0 unspecified atom stereocenters. The molecule has 6 N–H and O–H groups in total. The van der Waals surface area contributed by atoms with Gasteiger partial charge >= 0.3 is 17.9 Å². The summed E-state index contributed by atoms with van der Waals surface area (Å²) in [5.41, 5.74) is 3.62. The van der Waals surface area contributed by atoms with Crippen LogP contribution >= 0.6 is 0 Å². The van der Waals surface area contributed by atoms with Crippen LogP contribution in [0, 0.1) is 0 Å². The molecule has 7 aromatic rings. The molecule has 0 amide bonds. The normalized spacial score (nSPS) is 12.0. The molecule has 0 aliphatic carbocycles. The van der Waals surface area contributed by atoms with E-state index in [0.717, 1.165) is 0 Å². The summed E-state index contributed by atoms with van der Waals surface area (Å²) < 4.78 is 0. The van der Waals surface area contributed by atoms with E-state index in [2.05, 4.69) is 15.0 Å². The molecule has 0 saturated carbocycles. The average molecular weight is 477 g/mol. The van der Waals surface area contributed by atoms with E-state index in [1.54, 1.807) is 36.4 Å². The topological polar surface area (TPSA) is 159 Å². The van der Waals surface area contributed by atoms with Crippen LogP contribution in [0.4, 0.5) is 0 Å². The van der Waals surface area contributed by atoms with Gasteiger partial charge in [0.2, 0.25) is 0 Å². The van der Waals surface area contributed by atoms with Crippen LogP contribution in [0.15, 0.2) is 54.6 Å². The molecule has 174 valence electrons. The van der Waals surface area contributed by atoms with Gasteiger partial charge in [0.25, 0.3) is 0 Å². The Morgan fingerprint density at radius 3 is 1.19 bits per heavy atom. The zero-order chi connectivity index (χ0) is 24.9. The van der Waals surface area contributed by atoms with Crippen LogP contribution in [-0.2, 0) is 0 Å². The van der Waals surface area contributed by atoms with Gasteiger partial charge in [-0.2, -0.15) is 0 Å². The number of carboxylic acid groups (broad SMARTS) is 3. The van der Waals surface area contributed by atoms with Crippen molar-refractivity contribution in [3.63, 3.8) is 0 Å². The second kappa shape index (κ2) is 6.63. The molecule has 0 fully saturated rings. The summed E-state index contributed by atoms with van der Waals surface area (Å²) in [7, 11) is 0. The predicted octanol–water partition coefficient (Wildman–Crippen LogP) is 5.68. The van der Waals surface area contributed by atoms with Gasteiger partial charge in [0.15, 0.2) is 0 Å². The first kappa shape index (κ1) is 20.1. The van der Waals surface area contributed by atoms with Gasteiger partial charge in [0.1, 0.15) is 0 Å². The van der Waals surface area contributed by atoms with Crippen molar-refractivity contribution in [2.24, 2.45) is 0 Å². The molecule has 36 heavy (non-hydrogen) atoms. The lowest BCUT2D eigenvalue weighted by atomic mass is 9.96. The van der Waals surface area contributed by atoms with Crippen molar-refractivity contribution < 1.29 is 29.7 Å². The summed E-state index contributed by atoms with van der Waals surface area (Å²) in [4.78, 5) is 46.6. The van der Waals surface area contributed by atoms with E-state index in [9.17, 15) is 29.7 Å². The number of hydrogen-bond acceptors (Lipinski definition) is 3. The minimum Gasteiger partial charge on any atom is -0.478 e. The van der Waals surface area contributed by atoms with Crippen molar-refractivity contribution >= 4 is 83.3 Å². The van der Waals surface area contributed by atoms with Crippen molar-refractivity contribution in [2.45, 2.75) is 0 Å². The zero-order valence-electron chi connectivity index (χ0n) is 18.3. The molecule has 9 nitrogen and oxygen atoms in total. The molecule has 7 rings (SSSR count). The Balaban J connectivity index is 1.92. The van der Waals surface area contributed by atoms with E-state index >= 15 is 0 Å². The third-order valence-corrected chi connectivity index (χ3v) is 6.91. The number of rotatable bonds is 3. The molecule has 4 aromatic carbocycles. The second-order valence-electron chi connectivity index (χ2n) is 8.72. The van der Waals surface area contributed by atoms with Gasteiger partial charge in [-0.15, -0.1) is 0 Å². The third kappa shape index (κ3) is 2.35. The predicted molar refractivity (Wildman–Crippen MR) is 135 cm³/mol. The standard InChI is InChI=1S/C27H15N3O6/c31-25(32)10-4-1-7-13-16(10)19-20-17-11(26(33)34)5-2-8-14(17)29-23(20)24-21(22(19)28-13)18-12(27(35)36)6-3-9-15(18)30-24/h1-9,28-30H,(H,31,32)(H,33,34)(H,35,36). The minimum absolute atomic E-state index is 0.0554. The number of aromatic amines is 3. The highest BCUT2D eigenvalue weighted by molar-refractivity contribution is 6.42. The SMILES string of the molecule is O=C(O)c1cccc2[nH]c3c4[nH]c5cccc(C(=O)O)c5c4c4c([nH]c5cccc(C(=O)O)c54)c3c12. The zero-order valence-corrected chi connectivity index (χ0v) is 18.3. The Labute approximate surface area is 199 Å². The van der Waals surface area contributed by atoms with Crippen molar-refractivity contribution in [3.8, 4) is 0 Å². The lowest BCUT2D eigenvalue weighted by molar-refractivity contribution is 0.0688. The highest BCUT2D eigenvalue weighted by Gasteiger charge is 2.26. The number of hydrogen-bond donors (Lipinski definition) is 6. The Hall–Kier alpha value is -5.31. The first-order chi connectivity index (χ1) is 17.4. The van der Waals surface area contributed by atoms with Crippen molar-refractivity contribution in [2.75, 3.05) is 0 Å². The summed E-state index contributed by atoms with van der Waals surface area (Å²) in [5, 5.41) is 32.9. The molecule has 0 bridgehead atoms. The maximum Gasteiger partial charge on any atom is 0.336 e. The number of carbonyl (C=O) groups is 3. The van der Waals surface area contributed by atoms with Gasteiger partial charge in [0, 0.05) is 48.9 Å². The number of benzene rings is 4. The van der Waals surface area contributed by atoms with Crippen LogP contribution < -0.4 is 0 Å². The Morgan fingerprint density at radius 1 is 0.444 bits per heavy atom. The lowest BCUT2D eigenvalue weighted by Gasteiger charge is -2.04. The first-order valence-corrected chi connectivity index (χ1v) is 11.0. The molecule has 3 heterocycles. The van der Waals surface area contributed by atoms with Crippen molar-refractivity contribution in [3.05, 3.63) is 71.3 Å². The lowest BCUT2D eigenvalue weighted by Crippen LogP contribution is -1.97. The number of H-pyrrole nitrogens is 3. The molecule has 0 radical (unpaired) electrons. The van der Waals surface area contributed by atoms with Gasteiger partial charge in [-0.1, -0.05) is 18.2 Å². The number of nitrogens with one attached hydrogen (secondary N) is 3. The van der Waals surface area contributed by atoms with Gasteiger partial charge in [-0.25, -0.2) is 14.4 Å². The number of fused-ring (bicyclic) bond motifs is 12. The summed E-state index contributed by atoms with van der Waals surface area (Å²) in [6.07, 6.45) is 0. The smallest absolute Gasteiger partial charge is 0.336 e. The van der Waals surface area contributed by atoms with Gasteiger partial charge in [0.05, 0.1) is 33.2 Å². The van der Waals surface area contributed by atoms with Gasteiger partial charge in [-0.3, -0.25) is 0 Å². The monoisotopic (exact) mass is 477 g/mol. The molecule has 0 atom stereocenters. The summed E-state index contributed by atoms with van der Waals surface area (Å²) in [6, 6.07) is 14.7. The minimum atomic E-state index is -1.13. The number of aromatic nitrogens is 3. The quantitative estimate of drug-likeness (QED) is 0.192. The molecule has 0 spiro atoms. The third-order valence-electron chi connectivity index (χ3n) is 6.91. The van der Waals surface area contributed by atoms with Gasteiger partial charge < -0.3 is 30.3 Å². The molecule has 0 saturated heterocycles. The van der Waals surface area contributed by atoms with Crippen LogP contribution in [0.2, 0.25) is 0 Å². The van der Waals surface area contributed by atoms with E-state index < -0.39 is 17.9 Å². The van der Waals surface area contributed by atoms with Crippen LogP contribution in [0.1, 0.15) is 31.1 Å². The van der Waals surface area contributed by atoms with Gasteiger partial charge in [-0.05, 0) is 36.4 Å². The fourth-order valence-electron chi connectivity index (χ4n) is 5.59. The van der Waals surface area contributed by atoms with Crippen molar-refractivity contribution in [1.29, 1.82) is 0 Å². The Kier molecular flexibility index (Phi) is 3.70. The Morgan fingerprint density at radius 2 is 0.778 bits per heavy atom. The maximum absolute atomic E-state index is 12.2. The van der Waals surface area contributed by atoms with E-state index in [4.69, 9.17) is 0 Å². The van der Waals surface area contributed by atoms with Crippen molar-refractivity contribution in [1.82, 2.24) is 15.0 Å². The largest absolute Gasteiger partial charge is 0.478 e. The van der Waals surface area contributed by atoms with Crippen LogP contribution in [0.3, 0.4) is 0 Å². The van der Waals surface area contributed by atoms with Crippen LogP contribution in [0.25, 0.3) is 65.4 Å². The highest BCUT2D eigenvalue weighted by atomic mass is 16.4. The fraction of sp³-hybridized carbons (Fsp3) is 0. The van der Waals surface area contributed by atoms with E-state index in [0.29, 0.717) is 65.4 Å². The highest BCUT2D eigenvalue weighted by Crippen LogP contribution is 2.46. The molecule has 3 aromatic heterocycles. The average Bonchev–Trinajstić information content (AvgIpc) is 3.53. The van der Waals surface area contributed by atoms with E-state index in [1.807, 2.05) is 0 Å². The van der Waals surface area contributed by atoms with Crippen LogP contribution in [0.5, 0.6) is 0 Å². The molecule has 0 aliphatic heterocycles. The summed E-state index contributed by atoms with van der Waals surface area (Å²) >= 11 is 0. The maximum atomic E-state index is 12.2. The molecular formula is C27H15N3O6. The molecule has 9 heteroatoms. The summed E-state index contributed by atoms with van der Waals surface area (Å²) in [5.74, 6) is -3.34. The second-order valence-corrected chi connectivity index (χ2v) is 8.72. The number of aromatic carboxylic acids is 3. The Bertz CT molecular complexity index is 2140. The van der Waals surface area contributed by atoms with E-state index in [1.165, 1.54) is 18.2 Å². The summed E-state index contributed by atoms with van der Waals surface area (Å²) in [6.45, 7) is 0. The first-order valence-electron chi connectivity index (χ1n) is 11.0.